The summed E-state index contributed by atoms with van der Waals surface area (Å²) in [7, 11) is 1.68. The first-order valence-corrected chi connectivity index (χ1v) is 10.0. The maximum absolute atomic E-state index is 6.21. The first kappa shape index (κ1) is 18.9. The molecule has 0 saturated carbocycles. The molecular weight excluding hydrogens is 339 g/mol. The molecule has 0 radical (unpaired) electrons. The van der Waals surface area contributed by atoms with Crippen LogP contribution in [-0.4, -0.2) is 65.7 Å². The maximum Gasteiger partial charge on any atom is 0.494 e. The molecule has 2 saturated heterocycles. The third kappa shape index (κ3) is 3.54. The molecule has 0 atom stereocenters. The molecule has 0 amide bonds. The van der Waals surface area contributed by atoms with Crippen LogP contribution in [0.15, 0.2) is 18.2 Å². The van der Waals surface area contributed by atoms with Crippen molar-refractivity contribution in [3.63, 3.8) is 0 Å². The van der Waals surface area contributed by atoms with E-state index in [4.69, 9.17) is 14.4 Å². The van der Waals surface area contributed by atoms with Gasteiger partial charge in [-0.2, -0.15) is 5.10 Å². The van der Waals surface area contributed by atoms with Gasteiger partial charge in [-0.25, -0.2) is 0 Å². The van der Waals surface area contributed by atoms with E-state index in [1.165, 1.54) is 11.1 Å². The highest BCUT2D eigenvalue weighted by molar-refractivity contribution is 6.62. The van der Waals surface area contributed by atoms with Crippen molar-refractivity contribution in [2.45, 2.75) is 45.3 Å². The molecule has 2 fully saturated rings. The first-order valence-electron chi connectivity index (χ1n) is 10.0. The van der Waals surface area contributed by atoms with Crippen molar-refractivity contribution in [3.05, 3.63) is 23.9 Å². The van der Waals surface area contributed by atoms with Gasteiger partial charge in [0, 0.05) is 51.6 Å². The van der Waals surface area contributed by atoms with Gasteiger partial charge in [-0.1, -0.05) is 12.1 Å². The Morgan fingerprint density at radius 2 is 1.78 bits per heavy atom. The number of hydrogen-bond donors (Lipinski definition) is 1. The average molecular weight is 370 g/mol. The van der Waals surface area contributed by atoms with Crippen molar-refractivity contribution in [2.24, 2.45) is 7.05 Å². The van der Waals surface area contributed by atoms with E-state index in [0.29, 0.717) is 0 Å². The smallest absolute Gasteiger partial charge is 0.399 e. The van der Waals surface area contributed by atoms with Crippen LogP contribution in [0.3, 0.4) is 0 Å². The number of aromatic nitrogens is 2. The Morgan fingerprint density at radius 3 is 2.44 bits per heavy atom. The number of fused-ring (bicyclic) bond motifs is 1. The molecule has 0 aliphatic carbocycles. The Bertz CT molecular complexity index is 811. The minimum Gasteiger partial charge on any atom is -0.399 e. The molecule has 146 valence electrons. The second-order valence-corrected chi connectivity index (χ2v) is 8.78. The van der Waals surface area contributed by atoms with Crippen LogP contribution in [-0.2, 0) is 22.8 Å². The zero-order chi connectivity index (χ0) is 19.2. The molecule has 2 aliphatic heterocycles. The number of aryl methyl sites for hydroxylation is 1. The standard InChI is InChI=1S/C20H31BN4O2/c1-19(2)20(3,4)27-21(26-19)15-6-7-16-17(23-24(5)18(16)14-15)8-11-25-12-9-22-10-13-25/h6-7,14,22H,8-13H2,1-5H3. The minimum atomic E-state index is -0.335. The summed E-state index contributed by atoms with van der Waals surface area (Å²) >= 11 is 0. The normalized spacial score (nSPS) is 22.6. The van der Waals surface area contributed by atoms with Gasteiger partial charge in [0.05, 0.1) is 22.4 Å². The van der Waals surface area contributed by atoms with Crippen LogP contribution < -0.4 is 10.8 Å². The monoisotopic (exact) mass is 370 g/mol. The van der Waals surface area contributed by atoms with Crippen molar-refractivity contribution in [2.75, 3.05) is 32.7 Å². The Kier molecular flexibility index (Phi) is 4.83. The number of nitrogens with zero attached hydrogens (tertiary/aromatic N) is 3. The molecule has 6 nitrogen and oxygen atoms in total. The Hall–Kier alpha value is -1.41. The Labute approximate surface area is 162 Å². The summed E-state index contributed by atoms with van der Waals surface area (Å²) in [5.41, 5.74) is 2.71. The van der Waals surface area contributed by atoms with Gasteiger partial charge in [0.1, 0.15) is 0 Å². The fourth-order valence-electron chi connectivity index (χ4n) is 3.86. The highest BCUT2D eigenvalue weighted by Crippen LogP contribution is 2.36. The first-order chi connectivity index (χ1) is 12.8. The van der Waals surface area contributed by atoms with Gasteiger partial charge in [0.15, 0.2) is 0 Å². The lowest BCUT2D eigenvalue weighted by Crippen LogP contribution is -2.44. The summed E-state index contributed by atoms with van der Waals surface area (Å²) in [5, 5.41) is 9.43. The predicted octanol–water partition coefficient (Wildman–Crippen LogP) is 1.32. The highest BCUT2D eigenvalue weighted by atomic mass is 16.7. The molecule has 0 bridgehead atoms. The van der Waals surface area contributed by atoms with Gasteiger partial charge in [-0.15, -0.1) is 0 Å². The van der Waals surface area contributed by atoms with Crippen molar-refractivity contribution in [1.82, 2.24) is 20.0 Å². The summed E-state index contributed by atoms with van der Waals surface area (Å²) in [6.07, 6.45) is 0.979. The van der Waals surface area contributed by atoms with Crippen LogP contribution in [0.1, 0.15) is 33.4 Å². The molecule has 0 unspecified atom stereocenters. The number of nitrogens with one attached hydrogen (secondary N) is 1. The molecule has 1 N–H and O–H groups in total. The van der Waals surface area contributed by atoms with Crippen molar-refractivity contribution in [3.8, 4) is 0 Å². The van der Waals surface area contributed by atoms with Gasteiger partial charge < -0.3 is 19.5 Å². The molecule has 3 heterocycles. The summed E-state index contributed by atoms with van der Waals surface area (Å²) in [6, 6.07) is 6.47. The molecule has 7 heteroatoms. The third-order valence-electron chi connectivity index (χ3n) is 6.35. The van der Waals surface area contributed by atoms with Crippen LogP contribution >= 0.6 is 0 Å². The number of hydrogen-bond acceptors (Lipinski definition) is 5. The summed E-state index contributed by atoms with van der Waals surface area (Å²) in [6.45, 7) is 13.8. The summed E-state index contributed by atoms with van der Waals surface area (Å²) in [5.74, 6) is 0. The SMILES string of the molecule is Cn1nc(CCN2CCNCC2)c2ccc(B3OC(C)(C)C(C)(C)O3)cc21. The topological polar surface area (TPSA) is 51.6 Å². The lowest BCUT2D eigenvalue weighted by molar-refractivity contribution is 0.00578. The molecule has 1 aromatic carbocycles. The zero-order valence-electron chi connectivity index (χ0n) is 17.2. The Morgan fingerprint density at radius 1 is 1.11 bits per heavy atom. The van der Waals surface area contributed by atoms with E-state index in [9.17, 15) is 0 Å². The van der Waals surface area contributed by atoms with Crippen LogP contribution in [0.25, 0.3) is 10.9 Å². The van der Waals surface area contributed by atoms with Crippen molar-refractivity contribution in [1.29, 1.82) is 0 Å². The highest BCUT2D eigenvalue weighted by Gasteiger charge is 2.51. The van der Waals surface area contributed by atoms with Crippen LogP contribution in [0.2, 0.25) is 0 Å². The van der Waals surface area contributed by atoms with Crippen molar-refractivity contribution >= 4 is 23.5 Å². The van der Waals surface area contributed by atoms with Crippen LogP contribution in [0.5, 0.6) is 0 Å². The van der Waals surface area contributed by atoms with Crippen molar-refractivity contribution < 1.29 is 9.31 Å². The molecule has 2 aromatic rings. The predicted molar refractivity (Wildman–Crippen MR) is 109 cm³/mol. The quantitative estimate of drug-likeness (QED) is 0.823. The lowest BCUT2D eigenvalue weighted by Gasteiger charge is -2.32. The Balaban J connectivity index is 1.54. The van der Waals surface area contributed by atoms with E-state index < -0.39 is 0 Å². The minimum absolute atomic E-state index is 0.326. The van der Waals surface area contributed by atoms with Crippen LogP contribution in [0, 0.1) is 0 Å². The number of benzene rings is 1. The van der Waals surface area contributed by atoms with E-state index >= 15 is 0 Å². The van der Waals surface area contributed by atoms with Gasteiger partial charge in [-0.3, -0.25) is 4.68 Å². The fraction of sp³-hybridized carbons (Fsp3) is 0.650. The van der Waals surface area contributed by atoms with Gasteiger partial charge in [-0.05, 0) is 39.2 Å². The van der Waals surface area contributed by atoms with Crippen LogP contribution in [0.4, 0.5) is 0 Å². The summed E-state index contributed by atoms with van der Waals surface area (Å²) in [4.78, 5) is 2.51. The maximum atomic E-state index is 6.21. The molecule has 2 aliphatic rings. The van der Waals surface area contributed by atoms with E-state index in [1.54, 1.807) is 0 Å². The lowest BCUT2D eigenvalue weighted by atomic mass is 9.78. The number of piperazine rings is 1. The third-order valence-corrected chi connectivity index (χ3v) is 6.35. The molecule has 1 aromatic heterocycles. The van der Waals surface area contributed by atoms with E-state index in [2.05, 4.69) is 56.1 Å². The average Bonchev–Trinajstić information content (AvgIpc) is 3.06. The van der Waals surface area contributed by atoms with Gasteiger partial charge in [0.2, 0.25) is 0 Å². The summed E-state index contributed by atoms with van der Waals surface area (Å²) < 4.78 is 14.4. The number of rotatable bonds is 4. The second kappa shape index (κ2) is 6.89. The van der Waals surface area contributed by atoms with E-state index in [1.807, 2.05) is 11.7 Å². The molecule has 4 rings (SSSR count). The molecular formula is C20H31BN4O2. The van der Waals surface area contributed by atoms with E-state index in [0.717, 1.165) is 50.1 Å². The van der Waals surface area contributed by atoms with Gasteiger partial charge in [0.25, 0.3) is 0 Å². The van der Waals surface area contributed by atoms with E-state index in [-0.39, 0.29) is 18.3 Å². The largest absolute Gasteiger partial charge is 0.494 e. The fourth-order valence-corrected chi connectivity index (χ4v) is 3.86. The van der Waals surface area contributed by atoms with Gasteiger partial charge >= 0.3 is 7.12 Å². The second-order valence-electron chi connectivity index (χ2n) is 8.78. The zero-order valence-corrected chi connectivity index (χ0v) is 17.2. The molecule has 0 spiro atoms. The molecule has 27 heavy (non-hydrogen) atoms.